The zero-order valence-corrected chi connectivity index (χ0v) is 31.1. The molecule has 4 aliphatic rings. The zero-order valence-electron chi connectivity index (χ0n) is 31.1. The molecule has 9 atom stereocenters. The Balaban J connectivity index is 1.34. The normalized spacial score (nSPS) is 35.0. The van der Waals surface area contributed by atoms with Crippen LogP contribution in [0.25, 0.3) is 0 Å². The van der Waals surface area contributed by atoms with Gasteiger partial charge in [-0.2, -0.15) is 0 Å². The smallest absolute Gasteiger partial charge is 0.334 e. The van der Waals surface area contributed by atoms with Gasteiger partial charge in [0.15, 0.2) is 17.5 Å². The molecule has 2 fully saturated rings. The monoisotopic (exact) mass is 684 g/mol. The lowest BCUT2D eigenvalue weighted by Gasteiger charge is -2.48. The number of allylic oxidation sites excluding steroid dienone is 2. The predicted molar refractivity (Wildman–Crippen MR) is 190 cm³/mol. The van der Waals surface area contributed by atoms with Crippen LogP contribution in [0.4, 0.5) is 0 Å². The van der Waals surface area contributed by atoms with E-state index in [0.29, 0.717) is 24.0 Å². The van der Waals surface area contributed by atoms with Gasteiger partial charge in [0.2, 0.25) is 0 Å². The van der Waals surface area contributed by atoms with Gasteiger partial charge in [0.1, 0.15) is 6.10 Å². The fourth-order valence-electron chi connectivity index (χ4n) is 9.54. The third-order valence-electron chi connectivity index (χ3n) is 12.7. The van der Waals surface area contributed by atoms with E-state index in [0.717, 1.165) is 19.3 Å². The van der Waals surface area contributed by atoms with Gasteiger partial charge in [0, 0.05) is 23.3 Å². The van der Waals surface area contributed by atoms with Gasteiger partial charge in [-0.15, -0.1) is 0 Å². The van der Waals surface area contributed by atoms with Gasteiger partial charge in [0.25, 0.3) is 0 Å². The fourth-order valence-corrected chi connectivity index (χ4v) is 9.54. The Labute approximate surface area is 294 Å². The Morgan fingerprint density at radius 2 is 1.57 bits per heavy atom. The Morgan fingerprint density at radius 1 is 1.00 bits per heavy atom. The number of ether oxygens (including phenoxy) is 2. The first-order valence-electron chi connectivity index (χ1n) is 19.3. The molecule has 0 aromatic heterocycles. The van der Waals surface area contributed by atoms with Crippen LogP contribution in [-0.2, 0) is 23.9 Å². The Hall–Kier alpha value is -2.29. The van der Waals surface area contributed by atoms with Crippen LogP contribution in [-0.4, -0.2) is 64.1 Å². The van der Waals surface area contributed by atoms with Gasteiger partial charge >= 0.3 is 11.9 Å². The SMILES string of the molecule is CC=C(C)C(=O)OC1C(C)=CC23C(=O)C(C=C(CO)C(O)C12O)C1C(CC3C)C1(C)COC(=O)CCCCCCCCCCCCCCC. The first-order valence-corrected chi connectivity index (χ1v) is 19.3. The molecule has 0 aliphatic heterocycles. The van der Waals surface area contributed by atoms with Crippen molar-refractivity contribution in [3.63, 3.8) is 0 Å². The highest BCUT2D eigenvalue weighted by molar-refractivity contribution is 5.96. The Morgan fingerprint density at radius 3 is 2.12 bits per heavy atom. The summed E-state index contributed by atoms with van der Waals surface area (Å²) in [6, 6.07) is 0. The molecule has 49 heavy (non-hydrogen) atoms. The number of Topliss-reactive ketones (excluding diaryl/α,β-unsaturated/α-hetero) is 1. The number of carbonyl (C=O) groups excluding carboxylic acids is 3. The van der Waals surface area contributed by atoms with Crippen LogP contribution in [0.15, 0.2) is 34.9 Å². The summed E-state index contributed by atoms with van der Waals surface area (Å²) >= 11 is 0. The standard InChI is InChI=1S/C41H64O8/c1-7-9-10-11-12-13-14-15-16-17-18-19-20-21-33(43)48-26-39(6)32-22-29(5)40-24-28(4)37(49-38(46)27(3)8-2)41(40,47)35(44)30(25-42)23-31(34(32)39)36(40)45/h8,23-24,29,31-32,34-35,37,42,44,47H,7,9-22,25-26H2,1-6H3. The summed E-state index contributed by atoms with van der Waals surface area (Å²) in [4.78, 5) is 40.4. The molecule has 0 aromatic rings. The number of aliphatic hydroxyl groups excluding tert-OH is 2. The molecule has 276 valence electrons. The van der Waals surface area contributed by atoms with Crippen molar-refractivity contribution >= 4 is 17.7 Å². The lowest BCUT2D eigenvalue weighted by Crippen LogP contribution is -2.65. The molecule has 2 saturated carbocycles. The van der Waals surface area contributed by atoms with Crippen LogP contribution in [0.5, 0.6) is 0 Å². The first kappa shape index (κ1) is 39.5. The third kappa shape index (κ3) is 7.67. The summed E-state index contributed by atoms with van der Waals surface area (Å²) < 4.78 is 11.7. The van der Waals surface area contributed by atoms with Crippen molar-refractivity contribution in [3.05, 3.63) is 34.9 Å². The summed E-state index contributed by atoms with van der Waals surface area (Å²) in [7, 11) is 0. The first-order chi connectivity index (χ1) is 23.3. The van der Waals surface area contributed by atoms with Crippen molar-refractivity contribution in [2.24, 2.45) is 34.5 Å². The van der Waals surface area contributed by atoms with Crippen LogP contribution < -0.4 is 0 Å². The molecule has 0 radical (unpaired) electrons. The van der Waals surface area contributed by atoms with E-state index in [-0.39, 0.29) is 35.8 Å². The number of carbonyl (C=O) groups is 3. The molecule has 8 heteroatoms. The van der Waals surface area contributed by atoms with E-state index in [1.54, 1.807) is 39.0 Å². The molecular weight excluding hydrogens is 620 g/mol. The van der Waals surface area contributed by atoms with E-state index in [9.17, 15) is 29.7 Å². The lowest BCUT2D eigenvalue weighted by atomic mass is 9.59. The summed E-state index contributed by atoms with van der Waals surface area (Å²) in [6.45, 7) is 10.9. The van der Waals surface area contributed by atoms with Crippen LogP contribution in [0.3, 0.4) is 0 Å². The summed E-state index contributed by atoms with van der Waals surface area (Å²) in [5.41, 5.74) is -3.18. The highest BCUT2D eigenvalue weighted by Gasteiger charge is 2.77. The molecule has 8 nitrogen and oxygen atoms in total. The number of esters is 2. The number of unbranched alkanes of at least 4 members (excludes halogenated alkanes) is 12. The molecule has 4 aliphatic carbocycles. The van der Waals surface area contributed by atoms with E-state index >= 15 is 0 Å². The molecule has 0 amide bonds. The topological polar surface area (TPSA) is 130 Å². The molecule has 2 bridgehead atoms. The van der Waals surface area contributed by atoms with Gasteiger partial charge < -0.3 is 24.8 Å². The molecule has 4 rings (SSSR count). The van der Waals surface area contributed by atoms with Crippen LogP contribution >= 0.6 is 0 Å². The third-order valence-corrected chi connectivity index (χ3v) is 12.7. The second-order valence-corrected chi connectivity index (χ2v) is 16.0. The quantitative estimate of drug-likeness (QED) is 0.0558. The fraction of sp³-hybridized carbons (Fsp3) is 0.780. The maximum Gasteiger partial charge on any atom is 0.334 e. The molecule has 9 unspecified atom stereocenters. The lowest BCUT2D eigenvalue weighted by molar-refractivity contribution is -0.201. The number of hydrogen-bond acceptors (Lipinski definition) is 8. The minimum atomic E-state index is -2.19. The number of aliphatic hydroxyl groups is 3. The van der Waals surface area contributed by atoms with Crippen molar-refractivity contribution < 1.29 is 39.2 Å². The Bertz CT molecular complexity index is 1280. The number of ketones is 1. The summed E-state index contributed by atoms with van der Waals surface area (Å²) in [6.07, 6.45) is 19.1. The minimum absolute atomic E-state index is 0.0382. The van der Waals surface area contributed by atoms with Crippen molar-refractivity contribution in [3.8, 4) is 0 Å². The summed E-state index contributed by atoms with van der Waals surface area (Å²) in [5.74, 6) is -2.37. The van der Waals surface area contributed by atoms with Crippen LogP contribution in [0.1, 0.15) is 138 Å². The van der Waals surface area contributed by atoms with E-state index in [1.165, 1.54) is 64.2 Å². The van der Waals surface area contributed by atoms with Gasteiger partial charge in [-0.25, -0.2) is 4.79 Å². The molecule has 0 heterocycles. The van der Waals surface area contributed by atoms with Crippen LogP contribution in [0.2, 0.25) is 0 Å². The number of rotatable bonds is 19. The van der Waals surface area contributed by atoms with E-state index in [1.807, 2.05) is 6.92 Å². The minimum Gasteiger partial charge on any atom is -0.465 e. The Kier molecular flexibility index (Phi) is 13.6. The van der Waals surface area contributed by atoms with E-state index in [4.69, 9.17) is 9.47 Å². The van der Waals surface area contributed by atoms with Crippen LogP contribution in [0, 0.1) is 34.5 Å². The maximum absolute atomic E-state index is 14.8. The van der Waals surface area contributed by atoms with E-state index in [2.05, 4.69) is 13.8 Å². The maximum atomic E-state index is 14.8. The van der Waals surface area contributed by atoms with Crippen molar-refractivity contribution in [2.45, 2.75) is 156 Å². The van der Waals surface area contributed by atoms with E-state index < -0.39 is 53.1 Å². The largest absolute Gasteiger partial charge is 0.465 e. The highest BCUT2D eigenvalue weighted by atomic mass is 16.6. The van der Waals surface area contributed by atoms with Gasteiger partial charge in [0.05, 0.1) is 18.6 Å². The number of hydrogen-bond donors (Lipinski definition) is 3. The van der Waals surface area contributed by atoms with Crippen molar-refractivity contribution in [1.29, 1.82) is 0 Å². The molecule has 1 spiro atoms. The van der Waals surface area contributed by atoms with Gasteiger partial charge in [-0.3, -0.25) is 9.59 Å². The second kappa shape index (κ2) is 16.8. The van der Waals surface area contributed by atoms with Gasteiger partial charge in [-0.05, 0) is 62.5 Å². The number of fused-ring (bicyclic) bond motifs is 3. The average Bonchev–Trinajstić information content (AvgIpc) is 3.62. The van der Waals surface area contributed by atoms with Crippen molar-refractivity contribution in [1.82, 2.24) is 0 Å². The van der Waals surface area contributed by atoms with Gasteiger partial charge in [-0.1, -0.05) is 116 Å². The second-order valence-electron chi connectivity index (χ2n) is 16.0. The average molecular weight is 685 g/mol. The molecule has 0 saturated heterocycles. The predicted octanol–water partition coefficient (Wildman–Crippen LogP) is 7.34. The molecule has 0 aromatic carbocycles. The molecular formula is C41H64O8. The zero-order chi connectivity index (χ0) is 36.0. The summed E-state index contributed by atoms with van der Waals surface area (Å²) in [5, 5.41) is 34.7. The van der Waals surface area contributed by atoms with Crippen molar-refractivity contribution in [2.75, 3.05) is 13.2 Å². The highest BCUT2D eigenvalue weighted by Crippen LogP contribution is 2.72. The molecule has 3 N–H and O–H groups in total.